The predicted molar refractivity (Wildman–Crippen MR) is 72.5 cm³/mol. The second-order valence-corrected chi connectivity index (χ2v) is 4.81. The zero-order chi connectivity index (χ0) is 13.0. The summed E-state index contributed by atoms with van der Waals surface area (Å²) in [6, 6.07) is 1.80. The number of hydrogen-bond acceptors (Lipinski definition) is 6. The van der Waals surface area contributed by atoms with E-state index in [-0.39, 0.29) is 5.95 Å². The van der Waals surface area contributed by atoms with Gasteiger partial charge in [-0.2, -0.15) is 9.97 Å². The van der Waals surface area contributed by atoms with Crippen molar-refractivity contribution in [3.8, 4) is 0 Å². The third kappa shape index (κ3) is 3.22. The molecule has 0 aliphatic heterocycles. The largest absolute Gasteiger partial charge is 0.388 e. The summed E-state index contributed by atoms with van der Waals surface area (Å²) in [5, 5.41) is 16.5. The molecule has 0 bridgehead atoms. The molecule has 1 aromatic heterocycles. The van der Waals surface area contributed by atoms with Crippen molar-refractivity contribution in [1.82, 2.24) is 9.97 Å². The highest BCUT2D eigenvalue weighted by atomic mass is 16.3. The molecule has 1 saturated carbocycles. The van der Waals surface area contributed by atoms with Crippen molar-refractivity contribution in [2.45, 2.75) is 38.2 Å². The second-order valence-electron chi connectivity index (χ2n) is 4.81. The van der Waals surface area contributed by atoms with Gasteiger partial charge in [0.1, 0.15) is 11.6 Å². The van der Waals surface area contributed by atoms with Gasteiger partial charge >= 0.3 is 0 Å². The molecule has 0 saturated heterocycles. The first-order chi connectivity index (χ1) is 8.61. The maximum absolute atomic E-state index is 10.2. The Morgan fingerprint density at radius 3 is 2.50 bits per heavy atom. The van der Waals surface area contributed by atoms with Crippen LogP contribution in [0.4, 0.5) is 17.6 Å². The molecular weight excluding hydrogens is 230 g/mol. The number of anilines is 3. The third-order valence-electron chi connectivity index (χ3n) is 3.23. The summed E-state index contributed by atoms with van der Waals surface area (Å²) in [4.78, 5) is 8.19. The van der Waals surface area contributed by atoms with Gasteiger partial charge in [-0.1, -0.05) is 12.8 Å². The monoisotopic (exact) mass is 251 g/mol. The van der Waals surface area contributed by atoms with Crippen molar-refractivity contribution in [1.29, 1.82) is 0 Å². The van der Waals surface area contributed by atoms with Crippen molar-refractivity contribution in [2.75, 3.05) is 29.5 Å². The Morgan fingerprint density at radius 2 is 1.89 bits per heavy atom. The topological polar surface area (TPSA) is 96.1 Å². The molecule has 0 spiro atoms. The van der Waals surface area contributed by atoms with Gasteiger partial charge in [-0.3, -0.25) is 0 Å². The average molecular weight is 251 g/mol. The summed E-state index contributed by atoms with van der Waals surface area (Å²) in [5.74, 6) is 1.58. The number of nitrogens with one attached hydrogen (secondary N) is 2. The van der Waals surface area contributed by atoms with Gasteiger partial charge < -0.3 is 21.5 Å². The molecule has 1 fully saturated rings. The van der Waals surface area contributed by atoms with Crippen LogP contribution in [0, 0.1) is 0 Å². The highest BCUT2D eigenvalue weighted by Crippen LogP contribution is 2.29. The summed E-state index contributed by atoms with van der Waals surface area (Å²) in [7, 11) is 0. The van der Waals surface area contributed by atoms with Gasteiger partial charge in [0.2, 0.25) is 5.95 Å². The molecule has 1 aliphatic rings. The maximum Gasteiger partial charge on any atom is 0.223 e. The van der Waals surface area contributed by atoms with E-state index in [9.17, 15) is 5.11 Å². The Morgan fingerprint density at radius 1 is 1.28 bits per heavy atom. The number of aliphatic hydroxyl groups is 1. The Hall–Kier alpha value is -1.56. The molecule has 5 N–H and O–H groups in total. The van der Waals surface area contributed by atoms with Gasteiger partial charge in [-0.05, 0) is 19.8 Å². The first kappa shape index (κ1) is 12.9. The fourth-order valence-corrected chi connectivity index (χ4v) is 2.29. The lowest BCUT2D eigenvalue weighted by Crippen LogP contribution is -2.33. The van der Waals surface area contributed by atoms with Crippen LogP contribution in [-0.2, 0) is 0 Å². The number of nitrogens with zero attached hydrogens (tertiary/aromatic N) is 2. The van der Waals surface area contributed by atoms with E-state index < -0.39 is 5.60 Å². The van der Waals surface area contributed by atoms with E-state index in [4.69, 9.17) is 5.73 Å². The van der Waals surface area contributed by atoms with Crippen molar-refractivity contribution in [2.24, 2.45) is 0 Å². The Labute approximate surface area is 107 Å². The first-order valence-electron chi connectivity index (χ1n) is 6.46. The average Bonchev–Trinajstić information content (AvgIpc) is 2.74. The Bertz CT molecular complexity index is 403. The zero-order valence-electron chi connectivity index (χ0n) is 10.7. The van der Waals surface area contributed by atoms with Gasteiger partial charge in [0.15, 0.2) is 0 Å². The molecule has 6 nitrogen and oxygen atoms in total. The molecular formula is C12H21N5O. The number of hydrogen-bond donors (Lipinski definition) is 4. The maximum atomic E-state index is 10.2. The van der Waals surface area contributed by atoms with Gasteiger partial charge in [0, 0.05) is 19.2 Å². The van der Waals surface area contributed by atoms with Crippen molar-refractivity contribution < 1.29 is 5.11 Å². The van der Waals surface area contributed by atoms with E-state index in [0.717, 1.165) is 32.2 Å². The quantitative estimate of drug-likeness (QED) is 0.628. The first-order valence-corrected chi connectivity index (χ1v) is 6.46. The summed E-state index contributed by atoms with van der Waals surface area (Å²) in [6.07, 6.45) is 3.88. The van der Waals surface area contributed by atoms with Crippen LogP contribution in [0.1, 0.15) is 32.6 Å². The summed E-state index contributed by atoms with van der Waals surface area (Å²) in [6.45, 7) is 3.28. The molecule has 0 unspecified atom stereocenters. The molecule has 0 aromatic carbocycles. The van der Waals surface area contributed by atoms with Gasteiger partial charge in [0.05, 0.1) is 5.60 Å². The van der Waals surface area contributed by atoms with Crippen LogP contribution in [0.25, 0.3) is 0 Å². The normalized spacial score (nSPS) is 17.7. The van der Waals surface area contributed by atoms with Crippen molar-refractivity contribution in [3.05, 3.63) is 6.07 Å². The standard InChI is InChI=1S/C12H21N5O/c1-2-14-9-7-10(17-11(13)16-9)15-8-12(18)5-3-4-6-12/h7,18H,2-6,8H2,1H3,(H4,13,14,15,16,17). The van der Waals surface area contributed by atoms with E-state index in [0.29, 0.717) is 18.2 Å². The highest BCUT2D eigenvalue weighted by molar-refractivity contribution is 5.51. The molecule has 18 heavy (non-hydrogen) atoms. The fourth-order valence-electron chi connectivity index (χ4n) is 2.29. The zero-order valence-corrected chi connectivity index (χ0v) is 10.7. The van der Waals surface area contributed by atoms with Gasteiger partial charge in [0.25, 0.3) is 0 Å². The van der Waals surface area contributed by atoms with Crippen LogP contribution < -0.4 is 16.4 Å². The second kappa shape index (κ2) is 5.39. The molecule has 100 valence electrons. The molecule has 0 atom stereocenters. The minimum absolute atomic E-state index is 0.231. The van der Waals surface area contributed by atoms with Gasteiger partial charge in [-0.15, -0.1) is 0 Å². The van der Waals surface area contributed by atoms with Crippen molar-refractivity contribution >= 4 is 17.6 Å². The molecule has 1 aromatic rings. The Balaban J connectivity index is 2.00. The van der Waals surface area contributed by atoms with Crippen LogP contribution in [0.5, 0.6) is 0 Å². The lowest BCUT2D eigenvalue weighted by Gasteiger charge is -2.22. The van der Waals surface area contributed by atoms with E-state index in [1.54, 1.807) is 6.07 Å². The molecule has 2 rings (SSSR count). The van der Waals surface area contributed by atoms with Crippen LogP contribution in [0.3, 0.4) is 0 Å². The molecule has 6 heteroatoms. The van der Waals surface area contributed by atoms with Crippen LogP contribution >= 0.6 is 0 Å². The van der Waals surface area contributed by atoms with E-state index in [1.165, 1.54) is 0 Å². The van der Waals surface area contributed by atoms with E-state index in [1.807, 2.05) is 6.92 Å². The number of rotatable bonds is 5. The number of nitrogen functional groups attached to an aromatic ring is 1. The number of nitrogens with two attached hydrogens (primary N) is 1. The van der Waals surface area contributed by atoms with Crippen LogP contribution in [0.2, 0.25) is 0 Å². The van der Waals surface area contributed by atoms with Gasteiger partial charge in [-0.25, -0.2) is 0 Å². The van der Waals surface area contributed by atoms with E-state index >= 15 is 0 Å². The molecule has 1 aliphatic carbocycles. The summed E-state index contributed by atoms with van der Waals surface area (Å²) < 4.78 is 0. The SMILES string of the molecule is CCNc1cc(NCC2(O)CCCC2)nc(N)n1. The van der Waals surface area contributed by atoms with Crippen LogP contribution in [0.15, 0.2) is 6.07 Å². The minimum atomic E-state index is -0.599. The molecule has 1 heterocycles. The minimum Gasteiger partial charge on any atom is -0.388 e. The number of aromatic nitrogens is 2. The molecule has 0 amide bonds. The lowest BCUT2D eigenvalue weighted by molar-refractivity contribution is 0.0614. The predicted octanol–water partition coefficient (Wildman–Crippen LogP) is 1.21. The smallest absolute Gasteiger partial charge is 0.223 e. The highest BCUT2D eigenvalue weighted by Gasteiger charge is 2.30. The molecule has 0 radical (unpaired) electrons. The summed E-state index contributed by atoms with van der Waals surface area (Å²) in [5.41, 5.74) is 5.04. The Kier molecular flexibility index (Phi) is 3.86. The summed E-state index contributed by atoms with van der Waals surface area (Å²) >= 11 is 0. The third-order valence-corrected chi connectivity index (χ3v) is 3.23. The van der Waals surface area contributed by atoms with Crippen LogP contribution in [-0.4, -0.2) is 33.8 Å². The fraction of sp³-hybridized carbons (Fsp3) is 0.667. The lowest BCUT2D eigenvalue weighted by atomic mass is 10.0. The van der Waals surface area contributed by atoms with E-state index in [2.05, 4.69) is 20.6 Å². The van der Waals surface area contributed by atoms with Crippen molar-refractivity contribution in [3.63, 3.8) is 0 Å².